The number of amides is 1. The van der Waals surface area contributed by atoms with Gasteiger partial charge in [-0.15, -0.1) is 11.3 Å². The van der Waals surface area contributed by atoms with Gasteiger partial charge < -0.3 is 20.7 Å². The number of nitrogens with zero attached hydrogens (tertiary/aromatic N) is 2. The lowest BCUT2D eigenvalue weighted by atomic mass is 9.81. The van der Waals surface area contributed by atoms with Gasteiger partial charge in [-0.25, -0.2) is 22.4 Å². The lowest BCUT2D eigenvalue weighted by Crippen LogP contribution is -2.42. The number of hydrogen-bond donors (Lipinski definition) is 3. The molecule has 0 saturated heterocycles. The zero-order valence-electron chi connectivity index (χ0n) is 19.5. The van der Waals surface area contributed by atoms with Crippen LogP contribution in [-0.2, 0) is 29.4 Å². The van der Waals surface area contributed by atoms with Crippen LogP contribution >= 0.6 is 23.6 Å². The van der Waals surface area contributed by atoms with Gasteiger partial charge in [0.25, 0.3) is 6.43 Å². The first kappa shape index (κ1) is 26.3. The monoisotopic (exact) mass is 547 g/mol. The molecule has 1 fully saturated rings. The van der Waals surface area contributed by atoms with Gasteiger partial charge in [0.1, 0.15) is 16.5 Å². The van der Waals surface area contributed by atoms with Gasteiger partial charge in [0.2, 0.25) is 11.8 Å². The molecular weight excluding hydrogens is 522 g/mol. The van der Waals surface area contributed by atoms with Crippen LogP contribution < -0.4 is 16.0 Å². The number of esters is 1. The van der Waals surface area contributed by atoms with Crippen LogP contribution in [0.4, 0.5) is 28.4 Å². The number of carbonyl (C=O) groups is 2. The van der Waals surface area contributed by atoms with Crippen molar-refractivity contribution in [3.8, 4) is 0 Å². The Kier molecular flexibility index (Phi) is 7.55. The molecule has 196 valence electrons. The molecular formula is C22H25F4N5O3S2. The zero-order valence-corrected chi connectivity index (χ0v) is 21.1. The highest BCUT2D eigenvalue weighted by Crippen LogP contribution is 2.44. The van der Waals surface area contributed by atoms with Gasteiger partial charge in [0.05, 0.1) is 12.2 Å². The Hall–Kier alpha value is -2.74. The highest BCUT2D eigenvalue weighted by molar-refractivity contribution is 7.80. The van der Waals surface area contributed by atoms with Crippen LogP contribution in [0.1, 0.15) is 59.1 Å². The second kappa shape index (κ2) is 10.3. The van der Waals surface area contributed by atoms with Crippen molar-refractivity contribution < 1.29 is 31.9 Å². The summed E-state index contributed by atoms with van der Waals surface area (Å²) in [6.45, 7) is 1.80. The first-order chi connectivity index (χ1) is 17.0. The van der Waals surface area contributed by atoms with E-state index in [9.17, 15) is 27.2 Å². The molecule has 2 heterocycles. The van der Waals surface area contributed by atoms with Gasteiger partial charge >= 0.3 is 5.97 Å². The molecule has 0 aliphatic heterocycles. The fraction of sp³-hybridized carbons (Fsp3) is 0.545. The van der Waals surface area contributed by atoms with E-state index in [1.807, 2.05) is 0 Å². The smallest absolute Gasteiger partial charge is 0.341 e. The van der Waals surface area contributed by atoms with Gasteiger partial charge in [-0.05, 0) is 44.0 Å². The molecule has 1 saturated carbocycles. The summed E-state index contributed by atoms with van der Waals surface area (Å²) in [6, 6.07) is 1.03. The summed E-state index contributed by atoms with van der Waals surface area (Å²) in [4.78, 5) is 26.2. The van der Waals surface area contributed by atoms with Crippen LogP contribution in [0.5, 0.6) is 0 Å². The zero-order chi connectivity index (χ0) is 26.2. The number of thiocarbonyl (C=S) groups is 1. The Balaban J connectivity index is 1.47. The van der Waals surface area contributed by atoms with Gasteiger partial charge in [0, 0.05) is 42.8 Å². The fourth-order valence-electron chi connectivity index (χ4n) is 4.33. The first-order valence-corrected chi connectivity index (χ1v) is 12.6. The molecule has 0 radical (unpaired) electrons. The van der Waals surface area contributed by atoms with Crippen molar-refractivity contribution in [3.05, 3.63) is 27.8 Å². The first-order valence-electron chi connectivity index (χ1n) is 11.4. The third kappa shape index (κ3) is 5.64. The standard InChI is InChI=1S/C22H25F4N5O3S2/c1-3-34-20(33)16-12-6-11(27-21(35)28-15-7-13(17(23)24)30-31(15)2)4-5-14(12)36-19(16)29-18(32)10-8-22(25,26)9-10/h7,10-11,17H,3-6,8-9H2,1-2H3,(H,29,32)(H2,27,28,35)/t11-/m0/s1. The number of aromatic nitrogens is 2. The number of carbonyl (C=O) groups excluding carboxylic acids is 2. The Morgan fingerprint density at radius 3 is 2.67 bits per heavy atom. The summed E-state index contributed by atoms with van der Waals surface area (Å²) in [5, 5.41) is 12.9. The van der Waals surface area contributed by atoms with Crippen molar-refractivity contribution in [2.75, 3.05) is 17.2 Å². The minimum atomic E-state index is -2.83. The number of ether oxygens (including phenoxy) is 1. The molecule has 2 aliphatic carbocycles. The molecule has 3 N–H and O–H groups in total. The van der Waals surface area contributed by atoms with E-state index >= 15 is 0 Å². The molecule has 0 aromatic carbocycles. The van der Waals surface area contributed by atoms with Crippen LogP contribution in [0.15, 0.2) is 6.07 Å². The summed E-state index contributed by atoms with van der Waals surface area (Å²) < 4.78 is 58.7. The van der Waals surface area contributed by atoms with Gasteiger partial charge in [0.15, 0.2) is 5.11 Å². The highest BCUT2D eigenvalue weighted by atomic mass is 32.1. The molecule has 8 nitrogen and oxygen atoms in total. The number of fused-ring (bicyclic) bond motifs is 1. The van der Waals surface area contributed by atoms with Gasteiger partial charge in [-0.2, -0.15) is 5.10 Å². The average Bonchev–Trinajstić information content (AvgIpc) is 3.31. The SMILES string of the molecule is CCOC(=O)c1c(NC(=O)C2CC(F)(F)C2)sc2c1C[C@@H](NC(=S)Nc1cc(C(F)F)nn1C)CC2. The number of rotatable bonds is 7. The number of alkyl halides is 4. The van der Waals surface area contributed by atoms with Crippen LogP contribution in [0, 0.1) is 5.92 Å². The molecule has 0 bridgehead atoms. The van der Waals surface area contributed by atoms with E-state index in [0.29, 0.717) is 35.6 Å². The number of hydrogen-bond acceptors (Lipinski definition) is 6. The second-order valence-electron chi connectivity index (χ2n) is 8.80. The minimum Gasteiger partial charge on any atom is -0.462 e. The van der Waals surface area contributed by atoms with E-state index in [2.05, 4.69) is 21.0 Å². The van der Waals surface area contributed by atoms with Crippen molar-refractivity contribution in [3.63, 3.8) is 0 Å². The number of thiophene rings is 1. The Morgan fingerprint density at radius 2 is 2.06 bits per heavy atom. The molecule has 4 rings (SSSR count). The van der Waals surface area contributed by atoms with E-state index in [-0.39, 0.29) is 29.0 Å². The van der Waals surface area contributed by atoms with Crippen LogP contribution in [0.2, 0.25) is 0 Å². The topological polar surface area (TPSA) is 97.3 Å². The summed E-state index contributed by atoms with van der Waals surface area (Å²) in [5.74, 6) is -4.47. The van der Waals surface area contributed by atoms with Crippen LogP contribution in [-0.4, -0.2) is 45.3 Å². The van der Waals surface area contributed by atoms with E-state index in [1.54, 1.807) is 6.92 Å². The molecule has 0 unspecified atom stereocenters. The maximum atomic E-state index is 13.2. The Morgan fingerprint density at radius 1 is 1.33 bits per heavy atom. The van der Waals surface area contributed by atoms with Gasteiger partial charge in [-0.1, -0.05) is 0 Å². The normalized spacial score (nSPS) is 18.8. The Bertz CT molecular complexity index is 1170. The second-order valence-corrected chi connectivity index (χ2v) is 10.3. The van der Waals surface area contributed by atoms with E-state index in [4.69, 9.17) is 17.0 Å². The average molecular weight is 548 g/mol. The maximum Gasteiger partial charge on any atom is 0.341 e. The maximum absolute atomic E-state index is 13.2. The largest absolute Gasteiger partial charge is 0.462 e. The third-order valence-electron chi connectivity index (χ3n) is 6.14. The van der Waals surface area contributed by atoms with Crippen molar-refractivity contribution in [1.82, 2.24) is 15.1 Å². The molecule has 2 aromatic rings. The number of aryl methyl sites for hydroxylation is 2. The van der Waals surface area contributed by atoms with Crippen molar-refractivity contribution in [2.24, 2.45) is 13.0 Å². The quantitative estimate of drug-likeness (QED) is 0.268. The molecule has 14 heteroatoms. The summed E-state index contributed by atoms with van der Waals surface area (Å²) >= 11 is 6.60. The highest BCUT2D eigenvalue weighted by Gasteiger charge is 2.49. The number of halogens is 4. The molecule has 36 heavy (non-hydrogen) atoms. The van der Waals surface area contributed by atoms with E-state index < -0.39 is 43.0 Å². The molecule has 1 amide bonds. The molecule has 1 atom stereocenters. The van der Waals surface area contributed by atoms with Crippen molar-refractivity contribution in [1.29, 1.82) is 0 Å². The van der Waals surface area contributed by atoms with Crippen molar-refractivity contribution >= 4 is 51.4 Å². The van der Waals surface area contributed by atoms with Crippen LogP contribution in [0.3, 0.4) is 0 Å². The minimum absolute atomic E-state index is 0.132. The van der Waals surface area contributed by atoms with Gasteiger partial charge in [-0.3, -0.25) is 9.48 Å². The van der Waals surface area contributed by atoms with E-state index in [1.165, 1.54) is 29.1 Å². The van der Waals surface area contributed by atoms with Crippen LogP contribution in [0.25, 0.3) is 0 Å². The lowest BCUT2D eigenvalue weighted by Gasteiger charge is -2.33. The summed E-state index contributed by atoms with van der Waals surface area (Å²) in [7, 11) is 1.52. The molecule has 2 aromatic heterocycles. The number of nitrogens with one attached hydrogen (secondary N) is 3. The fourth-order valence-corrected chi connectivity index (χ4v) is 5.83. The predicted octanol–water partition coefficient (Wildman–Crippen LogP) is 4.42. The summed E-state index contributed by atoms with van der Waals surface area (Å²) in [6.07, 6.45) is -2.08. The van der Waals surface area contributed by atoms with Crippen molar-refractivity contribution in [2.45, 2.75) is 57.4 Å². The Labute approximate surface area is 213 Å². The van der Waals surface area contributed by atoms with E-state index in [0.717, 1.165) is 4.88 Å². The lowest BCUT2D eigenvalue weighted by molar-refractivity contribution is -0.145. The molecule has 2 aliphatic rings. The molecule has 0 spiro atoms. The summed E-state index contributed by atoms with van der Waals surface area (Å²) in [5.41, 5.74) is 0.567. The third-order valence-corrected chi connectivity index (χ3v) is 7.56. The predicted molar refractivity (Wildman–Crippen MR) is 130 cm³/mol. The number of anilines is 2.